The van der Waals surface area contributed by atoms with Gasteiger partial charge in [0.1, 0.15) is 5.54 Å². The van der Waals surface area contributed by atoms with Crippen molar-refractivity contribution in [1.29, 1.82) is 5.26 Å². The van der Waals surface area contributed by atoms with Gasteiger partial charge in [0.15, 0.2) is 0 Å². The minimum absolute atomic E-state index is 0.0000637. The van der Waals surface area contributed by atoms with Crippen molar-refractivity contribution < 1.29 is 4.74 Å². The zero-order valence-corrected chi connectivity index (χ0v) is 12.8. The van der Waals surface area contributed by atoms with Crippen molar-refractivity contribution >= 4 is 0 Å². The van der Waals surface area contributed by atoms with Gasteiger partial charge in [-0.25, -0.2) is 0 Å². The summed E-state index contributed by atoms with van der Waals surface area (Å²) in [6, 6.07) is 3.75. The van der Waals surface area contributed by atoms with Crippen LogP contribution in [0.5, 0.6) is 0 Å². The highest BCUT2D eigenvalue weighted by atomic mass is 16.5. The first kappa shape index (κ1) is 14.3. The number of nitrogens with zero attached hydrogens (tertiary/aromatic N) is 2. The third kappa shape index (κ3) is 2.86. The van der Waals surface area contributed by atoms with Gasteiger partial charge < -0.3 is 4.74 Å². The molecular weight excluding hydrogens is 250 g/mol. The van der Waals surface area contributed by atoms with E-state index in [0.717, 1.165) is 38.8 Å². The van der Waals surface area contributed by atoms with Gasteiger partial charge in [-0.1, -0.05) is 0 Å². The molecule has 0 aromatic rings. The van der Waals surface area contributed by atoms with Crippen LogP contribution in [0.2, 0.25) is 0 Å². The molecule has 4 heteroatoms. The van der Waals surface area contributed by atoms with Gasteiger partial charge >= 0.3 is 0 Å². The lowest BCUT2D eigenvalue weighted by Crippen LogP contribution is -2.52. The molecule has 3 rings (SSSR count). The van der Waals surface area contributed by atoms with Crippen LogP contribution in [-0.4, -0.2) is 48.3 Å². The quantitative estimate of drug-likeness (QED) is 0.854. The number of methoxy groups -OCH3 is 1. The second kappa shape index (κ2) is 5.29. The molecule has 1 aliphatic heterocycles. The zero-order valence-electron chi connectivity index (χ0n) is 12.8. The van der Waals surface area contributed by atoms with Crippen molar-refractivity contribution in [2.24, 2.45) is 0 Å². The van der Waals surface area contributed by atoms with E-state index in [-0.39, 0.29) is 11.1 Å². The van der Waals surface area contributed by atoms with E-state index >= 15 is 0 Å². The SMILES string of the molecule is COC1(C)CCCN(C2CCC(C#N)(NC3CC3)C2)C1. The Morgan fingerprint density at radius 1 is 1.30 bits per heavy atom. The first-order valence-electron chi connectivity index (χ1n) is 8.06. The van der Waals surface area contributed by atoms with Crippen LogP contribution in [0.25, 0.3) is 0 Å². The average Bonchev–Trinajstić information content (AvgIpc) is 3.16. The first-order chi connectivity index (χ1) is 9.58. The molecule has 0 bridgehead atoms. The van der Waals surface area contributed by atoms with Crippen LogP contribution in [-0.2, 0) is 4.74 Å². The molecule has 20 heavy (non-hydrogen) atoms. The molecule has 1 N–H and O–H groups in total. The zero-order chi connectivity index (χ0) is 14.2. The molecule has 0 amide bonds. The molecule has 2 saturated carbocycles. The molecule has 4 nitrogen and oxygen atoms in total. The standard InChI is InChI=1S/C16H27N3O/c1-15(20-2)7-3-9-19(12-15)14-6-8-16(10-14,11-17)18-13-4-5-13/h13-14,18H,3-10,12H2,1-2H3. The maximum Gasteiger partial charge on any atom is 0.108 e. The Labute approximate surface area is 122 Å². The van der Waals surface area contributed by atoms with E-state index in [2.05, 4.69) is 23.2 Å². The molecule has 1 heterocycles. The molecule has 112 valence electrons. The van der Waals surface area contributed by atoms with Crippen LogP contribution in [0.4, 0.5) is 0 Å². The molecule has 3 fully saturated rings. The summed E-state index contributed by atoms with van der Waals surface area (Å²) in [5.41, 5.74) is -0.257. The second-order valence-electron chi connectivity index (χ2n) is 7.24. The van der Waals surface area contributed by atoms with Gasteiger partial charge in [-0.15, -0.1) is 0 Å². The molecule has 3 atom stereocenters. The summed E-state index contributed by atoms with van der Waals surface area (Å²) in [5, 5.41) is 13.2. The van der Waals surface area contributed by atoms with Crippen LogP contribution in [0, 0.1) is 11.3 Å². The van der Waals surface area contributed by atoms with E-state index in [1.807, 2.05) is 7.11 Å². The van der Waals surface area contributed by atoms with Crippen molar-refractivity contribution in [3.8, 4) is 6.07 Å². The third-order valence-corrected chi connectivity index (χ3v) is 5.46. The maximum absolute atomic E-state index is 9.60. The number of rotatable bonds is 4. The summed E-state index contributed by atoms with van der Waals surface area (Å²) in [6.07, 6.45) is 7.99. The van der Waals surface area contributed by atoms with Gasteiger partial charge in [-0.2, -0.15) is 5.26 Å². The fraction of sp³-hybridized carbons (Fsp3) is 0.938. The molecule has 1 saturated heterocycles. The van der Waals surface area contributed by atoms with Gasteiger partial charge in [-0.05, 0) is 58.4 Å². The molecular formula is C16H27N3O. The van der Waals surface area contributed by atoms with Gasteiger partial charge in [0, 0.05) is 25.7 Å². The predicted octanol–water partition coefficient (Wildman–Crippen LogP) is 2.05. The Balaban J connectivity index is 1.62. The molecule has 3 unspecified atom stereocenters. The fourth-order valence-corrected chi connectivity index (χ4v) is 3.94. The summed E-state index contributed by atoms with van der Waals surface area (Å²) < 4.78 is 5.70. The Morgan fingerprint density at radius 3 is 2.75 bits per heavy atom. The molecule has 0 aromatic carbocycles. The van der Waals surface area contributed by atoms with Crippen LogP contribution >= 0.6 is 0 Å². The van der Waals surface area contributed by atoms with Crippen molar-refractivity contribution in [2.45, 2.75) is 75.1 Å². The van der Waals surface area contributed by atoms with E-state index in [0.29, 0.717) is 12.1 Å². The molecule has 0 spiro atoms. The van der Waals surface area contributed by atoms with Crippen LogP contribution in [0.15, 0.2) is 0 Å². The summed E-state index contributed by atoms with van der Waals surface area (Å²) in [7, 11) is 1.83. The van der Waals surface area contributed by atoms with Gasteiger partial charge in [0.25, 0.3) is 0 Å². The fourth-order valence-electron chi connectivity index (χ4n) is 3.94. The van der Waals surface area contributed by atoms with E-state index in [9.17, 15) is 5.26 Å². The molecule has 0 radical (unpaired) electrons. The van der Waals surface area contributed by atoms with E-state index in [1.54, 1.807) is 0 Å². The van der Waals surface area contributed by atoms with Crippen LogP contribution in [0.3, 0.4) is 0 Å². The van der Waals surface area contributed by atoms with Crippen LogP contribution < -0.4 is 5.32 Å². The first-order valence-corrected chi connectivity index (χ1v) is 8.06. The number of nitriles is 1. The highest BCUT2D eigenvalue weighted by Crippen LogP contribution is 2.38. The number of nitrogens with one attached hydrogen (secondary N) is 1. The number of hydrogen-bond donors (Lipinski definition) is 1. The van der Waals surface area contributed by atoms with E-state index in [1.165, 1.54) is 19.3 Å². The Morgan fingerprint density at radius 2 is 2.10 bits per heavy atom. The molecule has 2 aliphatic carbocycles. The third-order valence-electron chi connectivity index (χ3n) is 5.46. The monoisotopic (exact) mass is 277 g/mol. The van der Waals surface area contributed by atoms with Gasteiger partial charge in [0.2, 0.25) is 0 Å². The van der Waals surface area contributed by atoms with Gasteiger partial charge in [0.05, 0.1) is 11.7 Å². The number of piperidine rings is 1. The predicted molar refractivity (Wildman–Crippen MR) is 78.4 cm³/mol. The van der Waals surface area contributed by atoms with E-state index in [4.69, 9.17) is 4.74 Å². The summed E-state index contributed by atoms with van der Waals surface area (Å²) >= 11 is 0. The number of ether oxygens (including phenoxy) is 1. The van der Waals surface area contributed by atoms with Crippen molar-refractivity contribution in [1.82, 2.24) is 10.2 Å². The minimum Gasteiger partial charge on any atom is -0.377 e. The maximum atomic E-state index is 9.60. The van der Waals surface area contributed by atoms with E-state index < -0.39 is 0 Å². The summed E-state index contributed by atoms with van der Waals surface area (Å²) in [4.78, 5) is 2.57. The summed E-state index contributed by atoms with van der Waals surface area (Å²) in [6.45, 7) is 4.39. The number of hydrogen-bond acceptors (Lipinski definition) is 4. The topological polar surface area (TPSA) is 48.3 Å². The average molecular weight is 277 g/mol. The van der Waals surface area contributed by atoms with Crippen molar-refractivity contribution in [3.05, 3.63) is 0 Å². The Bertz CT molecular complexity index is 403. The highest BCUT2D eigenvalue weighted by Gasteiger charge is 2.46. The minimum atomic E-state index is -0.257. The smallest absolute Gasteiger partial charge is 0.108 e. The highest BCUT2D eigenvalue weighted by molar-refractivity contribution is 5.15. The van der Waals surface area contributed by atoms with Gasteiger partial charge in [-0.3, -0.25) is 10.2 Å². The second-order valence-corrected chi connectivity index (χ2v) is 7.24. The summed E-state index contributed by atoms with van der Waals surface area (Å²) in [5.74, 6) is 0. The largest absolute Gasteiger partial charge is 0.377 e. The normalized spacial score (nSPS) is 42.5. The molecule has 0 aromatic heterocycles. The van der Waals surface area contributed by atoms with Crippen molar-refractivity contribution in [3.63, 3.8) is 0 Å². The lowest BCUT2D eigenvalue weighted by atomic mass is 9.92. The number of likely N-dealkylation sites (tertiary alicyclic amines) is 1. The lowest BCUT2D eigenvalue weighted by molar-refractivity contribution is -0.0609. The Kier molecular flexibility index (Phi) is 3.79. The van der Waals surface area contributed by atoms with Crippen LogP contribution in [0.1, 0.15) is 51.9 Å². The van der Waals surface area contributed by atoms with Crippen molar-refractivity contribution in [2.75, 3.05) is 20.2 Å². The lowest BCUT2D eigenvalue weighted by Gasteiger charge is -2.42. The molecule has 3 aliphatic rings. The Hall–Kier alpha value is -0.630.